The average molecular weight is 176 g/mol. The van der Waals surface area contributed by atoms with Gasteiger partial charge in [-0.1, -0.05) is 17.3 Å². The van der Waals surface area contributed by atoms with E-state index in [0.29, 0.717) is 5.75 Å². The first-order chi connectivity index (χ1) is 6.83. The van der Waals surface area contributed by atoms with Crippen molar-refractivity contribution < 1.29 is 6.11 Å². The van der Waals surface area contributed by atoms with E-state index in [1.54, 1.807) is 7.11 Å². The van der Waals surface area contributed by atoms with E-state index in [2.05, 4.69) is 10.3 Å². The molecule has 66 valence electrons. The van der Waals surface area contributed by atoms with E-state index in [1.807, 2.05) is 24.3 Å². The minimum atomic E-state index is 0.231. The van der Waals surface area contributed by atoms with Gasteiger partial charge in [0.05, 0.1) is 20.9 Å². The van der Waals surface area contributed by atoms with Crippen LogP contribution in [0.2, 0.25) is 0 Å². The van der Waals surface area contributed by atoms with Gasteiger partial charge in [-0.05, 0) is 12.1 Å². The molecule has 0 saturated heterocycles. The van der Waals surface area contributed by atoms with E-state index in [0.717, 1.165) is 5.69 Å². The van der Waals surface area contributed by atoms with Crippen LogP contribution in [0, 0.1) is 0 Å². The van der Waals surface area contributed by atoms with E-state index in [-0.39, 0.29) is 6.17 Å². The van der Waals surface area contributed by atoms with Crippen LogP contribution >= 0.6 is 0 Å². The summed E-state index contributed by atoms with van der Waals surface area (Å²) < 4.78 is 14.1. The van der Waals surface area contributed by atoms with Gasteiger partial charge in [0.1, 0.15) is 11.4 Å². The van der Waals surface area contributed by atoms with Crippen molar-refractivity contribution in [3.63, 3.8) is 0 Å². The van der Waals surface area contributed by atoms with Crippen molar-refractivity contribution in [3.8, 4) is 11.4 Å². The predicted octanol–water partition coefficient (Wildman–Crippen LogP) is 1.28. The molecule has 0 fully saturated rings. The quantitative estimate of drug-likeness (QED) is 0.691. The van der Waals surface area contributed by atoms with Crippen molar-refractivity contribution in [2.45, 2.75) is 0 Å². The molecule has 2 aromatic rings. The smallest absolute Gasteiger partial charge is 0.144 e. The van der Waals surface area contributed by atoms with Gasteiger partial charge in [0.25, 0.3) is 0 Å². The summed E-state index contributed by atoms with van der Waals surface area (Å²) in [5.41, 5.74) is 0.720. The fraction of sp³-hybridized carbons (Fsp3) is 0.111. The Balaban J connectivity index is 2.56. The Hall–Kier alpha value is -1.84. The molecule has 1 aromatic heterocycles. The summed E-state index contributed by atoms with van der Waals surface area (Å²) in [4.78, 5) is 0. The van der Waals surface area contributed by atoms with Gasteiger partial charge >= 0.3 is 0 Å². The second kappa shape index (κ2) is 3.26. The van der Waals surface area contributed by atoms with Crippen LogP contribution in [0.3, 0.4) is 0 Å². The first kappa shape index (κ1) is 6.65. The van der Waals surface area contributed by atoms with Crippen molar-refractivity contribution in [2.24, 2.45) is 0 Å². The van der Waals surface area contributed by atoms with Gasteiger partial charge in [0.15, 0.2) is 0 Å². The summed E-state index contributed by atoms with van der Waals surface area (Å²) in [6.45, 7) is 0. The maximum Gasteiger partial charge on any atom is 0.144 e. The highest BCUT2D eigenvalue weighted by atomic mass is 16.5. The molecule has 4 nitrogen and oxygen atoms in total. The van der Waals surface area contributed by atoms with Gasteiger partial charge in [0.2, 0.25) is 0 Å². The fourth-order valence-electron chi connectivity index (χ4n) is 1.11. The zero-order valence-corrected chi connectivity index (χ0v) is 7.14. The van der Waals surface area contributed by atoms with Crippen molar-refractivity contribution in [1.82, 2.24) is 15.0 Å². The summed E-state index contributed by atoms with van der Waals surface area (Å²) in [5.74, 6) is 0.673. The lowest BCUT2D eigenvalue weighted by Crippen LogP contribution is -1.98. The summed E-state index contributed by atoms with van der Waals surface area (Å²) in [6.07, 6.45) is 1.61. The maximum absolute atomic E-state index is 7.54. The van der Waals surface area contributed by atoms with Crippen LogP contribution in [0.15, 0.2) is 36.6 Å². The van der Waals surface area contributed by atoms with Crippen LogP contribution in [0.5, 0.6) is 5.75 Å². The van der Waals surface area contributed by atoms with E-state index >= 15 is 0 Å². The first-order valence-corrected chi connectivity index (χ1v) is 3.83. The van der Waals surface area contributed by atoms with Gasteiger partial charge in [-0.3, -0.25) is 0 Å². The van der Waals surface area contributed by atoms with Crippen molar-refractivity contribution >= 4 is 0 Å². The Labute approximate surface area is 77.2 Å². The van der Waals surface area contributed by atoms with Crippen LogP contribution in [-0.2, 0) is 0 Å². The predicted molar refractivity (Wildman–Crippen MR) is 47.9 cm³/mol. The Kier molecular flexibility index (Phi) is 1.67. The topological polar surface area (TPSA) is 39.9 Å². The van der Waals surface area contributed by atoms with E-state index < -0.39 is 0 Å². The van der Waals surface area contributed by atoms with Gasteiger partial charge in [-0.15, -0.1) is 5.10 Å². The molecular weight excluding hydrogens is 166 g/mol. The van der Waals surface area contributed by atoms with Crippen molar-refractivity contribution in [2.75, 3.05) is 7.11 Å². The maximum atomic E-state index is 7.54. The number of ether oxygens (including phenoxy) is 1. The average Bonchev–Trinajstić information content (AvgIpc) is 2.64. The molecule has 2 rings (SSSR count). The van der Waals surface area contributed by atoms with E-state index in [4.69, 9.17) is 6.11 Å². The lowest BCUT2D eigenvalue weighted by molar-refractivity contribution is 0.411. The van der Waals surface area contributed by atoms with Crippen LogP contribution in [0.25, 0.3) is 5.69 Å². The number of rotatable bonds is 2. The van der Waals surface area contributed by atoms with Gasteiger partial charge in [0, 0.05) is 0 Å². The number of methoxy groups -OCH3 is 1. The number of aromatic nitrogens is 3. The second-order valence-corrected chi connectivity index (χ2v) is 2.45. The molecule has 13 heavy (non-hydrogen) atoms. The molecule has 0 spiro atoms. The molecule has 0 radical (unpaired) electrons. The van der Waals surface area contributed by atoms with Crippen molar-refractivity contribution in [1.29, 1.82) is 0 Å². The van der Waals surface area contributed by atoms with Gasteiger partial charge in [-0.25, -0.2) is 4.68 Å². The highest BCUT2D eigenvalue weighted by Crippen LogP contribution is 2.20. The molecule has 0 aliphatic rings. The fourth-order valence-corrected chi connectivity index (χ4v) is 1.11. The molecule has 4 heteroatoms. The van der Waals surface area contributed by atoms with E-state index in [1.165, 1.54) is 10.9 Å². The Morgan fingerprint density at radius 3 is 3.00 bits per heavy atom. The molecule has 1 aromatic carbocycles. The minimum Gasteiger partial charge on any atom is -0.494 e. The molecule has 0 aliphatic carbocycles. The normalized spacial score (nSPS) is 11.0. The third-order valence-electron chi connectivity index (χ3n) is 1.69. The van der Waals surface area contributed by atoms with Crippen LogP contribution in [0.1, 0.15) is 1.37 Å². The molecule has 0 saturated carbocycles. The molecule has 0 bridgehead atoms. The zero-order valence-electron chi connectivity index (χ0n) is 8.14. The van der Waals surface area contributed by atoms with Crippen molar-refractivity contribution in [3.05, 3.63) is 36.6 Å². The summed E-state index contributed by atoms with van der Waals surface area (Å²) in [7, 11) is 1.58. The lowest BCUT2D eigenvalue weighted by atomic mass is 10.3. The standard InChI is InChI=1S/C9H9N3O/c1-13-9-5-3-2-4-8(9)12-7-6-10-11-12/h2-7H,1H3/i7D. The number of hydrogen-bond acceptors (Lipinski definition) is 3. The third kappa shape index (κ3) is 1.38. The zero-order chi connectivity index (χ0) is 9.97. The van der Waals surface area contributed by atoms with Crippen LogP contribution < -0.4 is 4.74 Å². The minimum absolute atomic E-state index is 0.231. The highest BCUT2D eigenvalue weighted by Gasteiger charge is 2.02. The van der Waals surface area contributed by atoms with Crippen LogP contribution in [0.4, 0.5) is 0 Å². The summed E-state index contributed by atoms with van der Waals surface area (Å²) >= 11 is 0. The number of hydrogen-bond donors (Lipinski definition) is 0. The summed E-state index contributed by atoms with van der Waals surface area (Å²) in [5, 5.41) is 7.44. The molecule has 0 amide bonds. The van der Waals surface area contributed by atoms with E-state index in [9.17, 15) is 0 Å². The Morgan fingerprint density at radius 2 is 2.31 bits per heavy atom. The number of nitrogens with zero attached hydrogens (tertiary/aromatic N) is 3. The number of para-hydroxylation sites is 2. The molecule has 0 N–H and O–H groups in total. The Bertz CT molecular complexity index is 441. The second-order valence-electron chi connectivity index (χ2n) is 2.45. The monoisotopic (exact) mass is 176 g/mol. The van der Waals surface area contributed by atoms with Gasteiger partial charge in [-0.2, -0.15) is 0 Å². The highest BCUT2D eigenvalue weighted by molar-refractivity contribution is 5.45. The first-order valence-electron chi connectivity index (χ1n) is 4.33. The SMILES string of the molecule is [2H]c1cnnn1-c1ccccc1OC. The number of benzene rings is 1. The van der Waals surface area contributed by atoms with Gasteiger partial charge < -0.3 is 4.74 Å². The lowest BCUT2D eigenvalue weighted by Gasteiger charge is -2.05. The third-order valence-corrected chi connectivity index (χ3v) is 1.69. The molecule has 0 atom stereocenters. The Morgan fingerprint density at radius 1 is 1.46 bits per heavy atom. The summed E-state index contributed by atoms with van der Waals surface area (Å²) in [6, 6.07) is 7.36. The largest absolute Gasteiger partial charge is 0.494 e. The molecule has 1 heterocycles. The molecular formula is C9H9N3O. The molecule has 0 aliphatic heterocycles. The molecule has 0 unspecified atom stereocenters. The van der Waals surface area contributed by atoms with Crippen LogP contribution in [-0.4, -0.2) is 22.1 Å².